The van der Waals surface area contributed by atoms with E-state index in [1.165, 1.54) is 6.20 Å². The predicted octanol–water partition coefficient (Wildman–Crippen LogP) is 1.88. The monoisotopic (exact) mass is 326 g/mol. The molecule has 0 spiro atoms. The Morgan fingerprint density at radius 3 is 2.46 bits per heavy atom. The fraction of sp³-hybridized carbons (Fsp3) is 0.188. The number of carbonyl (C=O) groups excluding carboxylic acids is 2. The van der Waals surface area contributed by atoms with Gasteiger partial charge < -0.3 is 5.11 Å². The number of nitrogens with zero attached hydrogens (tertiary/aromatic N) is 3. The summed E-state index contributed by atoms with van der Waals surface area (Å²) < 4.78 is 0. The zero-order valence-electron chi connectivity index (χ0n) is 12.6. The molecule has 1 fully saturated rings. The molecule has 3 rings (SSSR count). The highest BCUT2D eigenvalue weighted by Gasteiger charge is 2.29. The van der Waals surface area contributed by atoms with Crippen molar-refractivity contribution >= 4 is 23.6 Å². The van der Waals surface area contributed by atoms with E-state index < -0.39 is 6.09 Å². The summed E-state index contributed by atoms with van der Waals surface area (Å²) in [5, 5.41) is 11.2. The molecule has 0 aliphatic carbocycles. The number of carbonyl (C=O) groups is 3. The lowest BCUT2D eigenvalue weighted by Gasteiger charge is -2.14. The number of aromatic nitrogens is 2. The first-order valence-electron chi connectivity index (χ1n) is 7.29. The van der Waals surface area contributed by atoms with Crippen LogP contribution in [0.3, 0.4) is 0 Å². The molecule has 1 saturated heterocycles. The highest BCUT2D eigenvalue weighted by molar-refractivity contribution is 6.01. The van der Waals surface area contributed by atoms with Gasteiger partial charge in [-0.05, 0) is 0 Å². The maximum absolute atomic E-state index is 11.7. The van der Waals surface area contributed by atoms with Gasteiger partial charge in [0.25, 0.3) is 0 Å². The van der Waals surface area contributed by atoms with E-state index in [0.717, 1.165) is 4.90 Å². The Balaban J connectivity index is 1.96. The van der Waals surface area contributed by atoms with E-state index in [1.807, 2.05) is 6.07 Å². The number of imide groups is 1. The van der Waals surface area contributed by atoms with Crippen molar-refractivity contribution in [1.29, 1.82) is 0 Å². The molecular weight excluding hydrogens is 312 g/mol. The minimum absolute atomic E-state index is 0.0230. The summed E-state index contributed by atoms with van der Waals surface area (Å²) in [5.74, 6) is -0.233. The second kappa shape index (κ2) is 6.45. The topological polar surface area (TPSA) is 112 Å². The minimum atomic E-state index is -1.23. The lowest BCUT2D eigenvalue weighted by atomic mass is 10.1. The van der Waals surface area contributed by atoms with Crippen LogP contribution in [0.1, 0.15) is 18.7 Å². The van der Waals surface area contributed by atoms with Gasteiger partial charge in [0, 0.05) is 18.4 Å². The highest BCUT2D eigenvalue weighted by Crippen LogP contribution is 2.26. The number of benzene rings is 1. The van der Waals surface area contributed by atoms with E-state index in [9.17, 15) is 14.4 Å². The largest absolute Gasteiger partial charge is 0.465 e. The Morgan fingerprint density at radius 1 is 1.17 bits per heavy atom. The molecule has 8 nitrogen and oxygen atoms in total. The molecule has 8 heteroatoms. The van der Waals surface area contributed by atoms with Crippen molar-refractivity contribution in [2.24, 2.45) is 0 Å². The highest BCUT2D eigenvalue weighted by atomic mass is 16.4. The Bertz CT molecular complexity index is 791. The number of likely N-dealkylation sites (tertiary alicyclic amines) is 1. The zero-order valence-corrected chi connectivity index (χ0v) is 12.6. The van der Waals surface area contributed by atoms with Crippen molar-refractivity contribution in [1.82, 2.24) is 14.9 Å². The summed E-state index contributed by atoms with van der Waals surface area (Å²) in [6, 6.07) is 9.00. The molecule has 1 aromatic carbocycles. The quantitative estimate of drug-likeness (QED) is 0.830. The van der Waals surface area contributed by atoms with Crippen molar-refractivity contribution in [3.05, 3.63) is 42.4 Å². The summed E-state index contributed by atoms with van der Waals surface area (Å²) in [6.45, 7) is -0.0230. The molecule has 0 radical (unpaired) electrons. The van der Waals surface area contributed by atoms with Gasteiger partial charge in [0.1, 0.15) is 5.82 Å². The summed E-state index contributed by atoms with van der Waals surface area (Å²) in [4.78, 5) is 43.9. The van der Waals surface area contributed by atoms with Crippen LogP contribution >= 0.6 is 0 Å². The van der Waals surface area contributed by atoms with Crippen LogP contribution in [-0.2, 0) is 16.1 Å². The number of hydrogen-bond acceptors (Lipinski definition) is 5. The third-order valence-electron chi connectivity index (χ3n) is 3.58. The summed E-state index contributed by atoms with van der Waals surface area (Å²) in [5.41, 5.74) is 1.32. The summed E-state index contributed by atoms with van der Waals surface area (Å²) in [6.07, 6.45) is 0.504. The van der Waals surface area contributed by atoms with Crippen LogP contribution in [0.15, 0.2) is 36.5 Å². The van der Waals surface area contributed by atoms with Gasteiger partial charge in [-0.15, -0.1) is 0 Å². The van der Waals surface area contributed by atoms with Crippen LogP contribution in [0.5, 0.6) is 0 Å². The lowest BCUT2D eigenvalue weighted by Crippen LogP contribution is -2.29. The van der Waals surface area contributed by atoms with E-state index >= 15 is 0 Å². The smallest absolute Gasteiger partial charge is 0.409 e. The van der Waals surface area contributed by atoms with Crippen LogP contribution in [0, 0.1) is 0 Å². The van der Waals surface area contributed by atoms with Gasteiger partial charge >= 0.3 is 6.09 Å². The van der Waals surface area contributed by atoms with Crippen molar-refractivity contribution in [3.8, 4) is 11.3 Å². The molecule has 0 atom stereocenters. The molecule has 24 heavy (non-hydrogen) atoms. The Kier molecular flexibility index (Phi) is 4.19. The van der Waals surface area contributed by atoms with E-state index in [2.05, 4.69) is 15.3 Å². The number of nitrogens with one attached hydrogen (secondary N) is 1. The van der Waals surface area contributed by atoms with Crippen molar-refractivity contribution < 1.29 is 19.5 Å². The average molecular weight is 326 g/mol. The normalized spacial score (nSPS) is 14.1. The Morgan fingerprint density at radius 2 is 1.83 bits per heavy atom. The molecule has 0 saturated carbocycles. The van der Waals surface area contributed by atoms with Gasteiger partial charge in [-0.1, -0.05) is 30.3 Å². The predicted molar refractivity (Wildman–Crippen MR) is 83.9 cm³/mol. The lowest BCUT2D eigenvalue weighted by molar-refractivity contribution is -0.139. The van der Waals surface area contributed by atoms with Crippen LogP contribution in [0.25, 0.3) is 11.3 Å². The van der Waals surface area contributed by atoms with Gasteiger partial charge in [0.15, 0.2) is 0 Å². The van der Waals surface area contributed by atoms with E-state index in [-0.39, 0.29) is 42.7 Å². The fourth-order valence-electron chi connectivity index (χ4n) is 2.46. The standard InChI is InChI=1S/C16H14N4O4/c21-13-6-7-14(22)20(13)9-12-17-8-11(18-16(23)24)15(19-12)10-4-2-1-3-5-10/h1-5,8,18H,6-7,9H2,(H,23,24). The van der Waals surface area contributed by atoms with Crippen LogP contribution in [0.4, 0.5) is 10.5 Å². The number of carboxylic acid groups (broad SMARTS) is 1. The maximum atomic E-state index is 11.7. The van der Waals surface area contributed by atoms with Crippen LogP contribution in [-0.4, -0.2) is 37.9 Å². The number of rotatable bonds is 4. The van der Waals surface area contributed by atoms with Crippen molar-refractivity contribution in [2.45, 2.75) is 19.4 Å². The summed E-state index contributed by atoms with van der Waals surface area (Å²) >= 11 is 0. The summed E-state index contributed by atoms with van der Waals surface area (Å²) in [7, 11) is 0. The van der Waals surface area contributed by atoms with Crippen molar-refractivity contribution in [3.63, 3.8) is 0 Å². The molecule has 2 heterocycles. The number of hydrogen-bond donors (Lipinski definition) is 2. The first-order valence-corrected chi connectivity index (χ1v) is 7.29. The van der Waals surface area contributed by atoms with Crippen LogP contribution in [0.2, 0.25) is 0 Å². The van der Waals surface area contributed by atoms with Crippen molar-refractivity contribution in [2.75, 3.05) is 5.32 Å². The molecule has 2 N–H and O–H groups in total. The molecule has 1 aromatic heterocycles. The third-order valence-corrected chi connectivity index (χ3v) is 3.58. The molecule has 3 amide bonds. The maximum Gasteiger partial charge on any atom is 0.409 e. The SMILES string of the molecule is O=C(O)Nc1cnc(CN2C(=O)CCC2=O)nc1-c1ccccc1. The molecule has 2 aromatic rings. The zero-order chi connectivity index (χ0) is 17.1. The van der Waals surface area contributed by atoms with Gasteiger partial charge in [0.05, 0.1) is 24.1 Å². The average Bonchev–Trinajstić information content (AvgIpc) is 2.88. The van der Waals surface area contributed by atoms with Gasteiger partial charge in [-0.25, -0.2) is 14.8 Å². The van der Waals surface area contributed by atoms with E-state index in [4.69, 9.17) is 5.11 Å². The van der Waals surface area contributed by atoms with Gasteiger partial charge in [-0.2, -0.15) is 0 Å². The molecule has 1 aliphatic rings. The Labute approximate surface area is 137 Å². The fourth-order valence-corrected chi connectivity index (χ4v) is 2.46. The first kappa shape index (κ1) is 15.6. The molecular formula is C16H14N4O4. The number of anilines is 1. The van der Waals surface area contributed by atoms with Crippen LogP contribution < -0.4 is 5.32 Å². The molecule has 122 valence electrons. The van der Waals surface area contributed by atoms with E-state index in [1.54, 1.807) is 24.3 Å². The molecule has 1 aliphatic heterocycles. The Hall–Kier alpha value is -3.29. The first-order chi connectivity index (χ1) is 11.5. The van der Waals surface area contributed by atoms with Gasteiger partial charge in [0.2, 0.25) is 11.8 Å². The minimum Gasteiger partial charge on any atom is -0.465 e. The molecule has 0 unspecified atom stereocenters. The second-order valence-corrected chi connectivity index (χ2v) is 5.22. The van der Waals surface area contributed by atoms with Gasteiger partial charge in [-0.3, -0.25) is 19.8 Å². The van der Waals surface area contributed by atoms with E-state index in [0.29, 0.717) is 11.3 Å². The number of amides is 3. The second-order valence-electron chi connectivity index (χ2n) is 5.22. The third kappa shape index (κ3) is 3.22. The molecule has 0 bridgehead atoms.